The zero-order valence-electron chi connectivity index (χ0n) is 16.4. The van der Waals surface area contributed by atoms with E-state index in [1.54, 1.807) is 18.2 Å². The lowest BCUT2D eigenvalue weighted by Gasteiger charge is -2.20. The first-order chi connectivity index (χ1) is 13.7. The van der Waals surface area contributed by atoms with Crippen molar-refractivity contribution in [2.45, 2.75) is 12.8 Å². The van der Waals surface area contributed by atoms with Crippen LogP contribution in [0.15, 0.2) is 42.5 Å². The summed E-state index contributed by atoms with van der Waals surface area (Å²) in [5, 5.41) is 10.9. The van der Waals surface area contributed by atoms with E-state index in [4.69, 9.17) is 11.1 Å². The Hall–Kier alpha value is -3.06. The summed E-state index contributed by atoms with van der Waals surface area (Å²) in [6.45, 7) is 0.592. The number of allylic oxidation sites excluding steroid dienone is 1. The summed E-state index contributed by atoms with van der Waals surface area (Å²) in [6.07, 6.45) is 4.54. The molecule has 7 heteroatoms. The van der Waals surface area contributed by atoms with Crippen molar-refractivity contribution in [1.29, 1.82) is 5.41 Å². The van der Waals surface area contributed by atoms with Gasteiger partial charge in [-0.3, -0.25) is 4.79 Å². The average Bonchev–Trinajstić information content (AvgIpc) is 3.42. The number of hydrogen-bond donors (Lipinski definition) is 3. The van der Waals surface area contributed by atoms with Gasteiger partial charge in [-0.1, -0.05) is 18.2 Å². The van der Waals surface area contributed by atoms with Crippen LogP contribution in [0.4, 0.5) is 20.2 Å². The van der Waals surface area contributed by atoms with Gasteiger partial charge in [-0.25, -0.2) is 8.78 Å². The Kier molecular flexibility index (Phi) is 5.79. The molecule has 0 spiro atoms. The molecule has 4 N–H and O–H groups in total. The third-order valence-corrected chi connectivity index (χ3v) is 4.92. The molecule has 0 atom stereocenters. The van der Waals surface area contributed by atoms with Gasteiger partial charge in [-0.2, -0.15) is 0 Å². The molecule has 29 heavy (non-hydrogen) atoms. The third-order valence-electron chi connectivity index (χ3n) is 4.92. The monoisotopic (exact) mass is 398 g/mol. The molecule has 1 aliphatic carbocycles. The number of amides is 1. The summed E-state index contributed by atoms with van der Waals surface area (Å²) < 4.78 is 27.7. The van der Waals surface area contributed by atoms with Crippen molar-refractivity contribution < 1.29 is 13.6 Å². The van der Waals surface area contributed by atoms with Gasteiger partial charge in [-0.05, 0) is 62.8 Å². The summed E-state index contributed by atoms with van der Waals surface area (Å²) in [4.78, 5) is 14.6. The van der Waals surface area contributed by atoms with Gasteiger partial charge >= 0.3 is 0 Å². The number of rotatable bonds is 7. The van der Waals surface area contributed by atoms with Gasteiger partial charge < -0.3 is 21.4 Å². The van der Waals surface area contributed by atoms with Gasteiger partial charge in [0.15, 0.2) is 0 Å². The zero-order chi connectivity index (χ0) is 21.2. The number of halogens is 2. The first-order valence-corrected chi connectivity index (χ1v) is 9.28. The van der Waals surface area contributed by atoms with Crippen LogP contribution in [0.3, 0.4) is 0 Å². The van der Waals surface area contributed by atoms with Crippen LogP contribution in [0.2, 0.25) is 0 Å². The largest absolute Gasteiger partial charge is 0.398 e. The van der Waals surface area contributed by atoms with E-state index in [0.717, 1.165) is 18.9 Å². The first-order valence-electron chi connectivity index (χ1n) is 9.28. The lowest BCUT2D eigenvalue weighted by atomic mass is 10.0. The van der Waals surface area contributed by atoms with Crippen LogP contribution < -0.4 is 11.1 Å². The first kappa shape index (κ1) is 20.7. The second-order valence-corrected chi connectivity index (χ2v) is 7.69. The molecule has 0 aromatic heterocycles. The number of carbonyl (C=O) groups is 1. The molecule has 0 unspecified atom stereocenters. The molecule has 1 aliphatic rings. The van der Waals surface area contributed by atoms with Gasteiger partial charge in [0, 0.05) is 17.8 Å². The topological polar surface area (TPSA) is 82.2 Å². The third kappa shape index (κ3) is 4.86. The van der Waals surface area contributed by atoms with Gasteiger partial charge in [0.2, 0.25) is 5.91 Å². The maximum absolute atomic E-state index is 14.4. The Bertz CT molecular complexity index is 981. The minimum atomic E-state index is -0.651. The number of nitrogens with zero attached hydrogens (tertiary/aromatic N) is 1. The van der Waals surface area contributed by atoms with Crippen LogP contribution >= 0.6 is 0 Å². The fraction of sp³-hybridized carbons (Fsp3) is 0.273. The summed E-state index contributed by atoms with van der Waals surface area (Å²) in [7, 11) is 3.78. The molecule has 152 valence electrons. The van der Waals surface area contributed by atoms with Crippen molar-refractivity contribution in [2.75, 3.05) is 31.7 Å². The predicted octanol–water partition coefficient (Wildman–Crippen LogP) is 3.91. The zero-order valence-corrected chi connectivity index (χ0v) is 16.4. The minimum absolute atomic E-state index is 0.00635. The molecule has 1 fully saturated rings. The summed E-state index contributed by atoms with van der Waals surface area (Å²) in [6, 6.07) is 8.40. The quantitative estimate of drug-likeness (QED) is 0.489. The normalized spacial score (nSPS) is 14.9. The molecule has 1 amide bonds. The van der Waals surface area contributed by atoms with Crippen LogP contribution in [0.1, 0.15) is 24.0 Å². The van der Waals surface area contributed by atoms with Crippen LogP contribution in [-0.2, 0) is 4.79 Å². The highest BCUT2D eigenvalue weighted by molar-refractivity contribution is 6.12. The van der Waals surface area contributed by atoms with Crippen molar-refractivity contribution in [3.05, 3.63) is 65.2 Å². The molecule has 1 saturated carbocycles. The fourth-order valence-electron chi connectivity index (χ4n) is 3.27. The van der Waals surface area contributed by atoms with E-state index in [1.165, 1.54) is 24.3 Å². The van der Waals surface area contributed by atoms with Gasteiger partial charge in [0.1, 0.15) is 11.6 Å². The SMILES string of the molecule is CN(C)CC1(C(=O)Nc2cc(C(=N)/C=C/c3cccc(F)c3)c(N)cc2F)CC1. The molecule has 0 heterocycles. The number of nitrogens with one attached hydrogen (secondary N) is 2. The second kappa shape index (κ2) is 8.13. The van der Waals surface area contributed by atoms with Gasteiger partial charge in [-0.15, -0.1) is 0 Å². The van der Waals surface area contributed by atoms with E-state index in [1.807, 2.05) is 19.0 Å². The molecule has 0 radical (unpaired) electrons. The Morgan fingerprint density at radius 3 is 2.62 bits per heavy atom. The smallest absolute Gasteiger partial charge is 0.231 e. The van der Waals surface area contributed by atoms with E-state index in [9.17, 15) is 13.6 Å². The number of hydrogen-bond acceptors (Lipinski definition) is 4. The van der Waals surface area contributed by atoms with E-state index in [0.29, 0.717) is 12.1 Å². The van der Waals surface area contributed by atoms with Gasteiger partial charge in [0.05, 0.1) is 16.8 Å². The molecular weight excluding hydrogens is 374 g/mol. The van der Waals surface area contributed by atoms with Crippen LogP contribution in [0.25, 0.3) is 6.08 Å². The number of anilines is 2. The Labute approximate surface area is 168 Å². The van der Waals surface area contributed by atoms with E-state index >= 15 is 0 Å². The maximum atomic E-state index is 14.4. The van der Waals surface area contributed by atoms with Crippen LogP contribution in [-0.4, -0.2) is 37.2 Å². The molecule has 0 saturated heterocycles. The van der Waals surface area contributed by atoms with Crippen molar-refractivity contribution in [3.63, 3.8) is 0 Å². The highest BCUT2D eigenvalue weighted by Crippen LogP contribution is 2.47. The Morgan fingerprint density at radius 1 is 1.28 bits per heavy atom. The van der Waals surface area contributed by atoms with E-state index < -0.39 is 11.2 Å². The molecule has 5 nitrogen and oxygen atoms in total. The number of carbonyl (C=O) groups excluding carboxylic acids is 1. The fourth-order valence-corrected chi connectivity index (χ4v) is 3.27. The minimum Gasteiger partial charge on any atom is -0.398 e. The summed E-state index contributed by atoms with van der Waals surface area (Å²) in [5.41, 5.74) is 6.36. The standard InChI is InChI=1S/C22H24F2N4O/c1-28(2)13-22(8-9-22)21(29)27-20-11-16(19(26)12-17(20)24)18(25)7-6-14-4-3-5-15(23)10-14/h3-7,10-12,25H,8-9,13,26H2,1-2H3,(H,27,29)/b7-6+,25-18?. The Morgan fingerprint density at radius 2 is 2.00 bits per heavy atom. The molecule has 0 aliphatic heterocycles. The molecule has 0 bridgehead atoms. The van der Waals surface area contributed by atoms with Crippen molar-refractivity contribution >= 4 is 29.1 Å². The average molecular weight is 398 g/mol. The molecular formula is C22H24F2N4O. The number of nitrogens with two attached hydrogens (primary N) is 1. The molecule has 3 rings (SSSR count). The summed E-state index contributed by atoms with van der Waals surface area (Å²) in [5.74, 6) is -1.26. The van der Waals surface area contributed by atoms with E-state index in [-0.39, 0.29) is 34.4 Å². The summed E-state index contributed by atoms with van der Waals surface area (Å²) >= 11 is 0. The lowest BCUT2D eigenvalue weighted by molar-refractivity contribution is -0.121. The maximum Gasteiger partial charge on any atom is 0.231 e. The lowest BCUT2D eigenvalue weighted by Crippen LogP contribution is -2.33. The van der Waals surface area contributed by atoms with Crippen molar-refractivity contribution in [2.24, 2.45) is 5.41 Å². The number of nitrogen functional groups attached to an aromatic ring is 1. The van der Waals surface area contributed by atoms with Crippen LogP contribution in [0.5, 0.6) is 0 Å². The van der Waals surface area contributed by atoms with Crippen molar-refractivity contribution in [3.8, 4) is 0 Å². The highest BCUT2D eigenvalue weighted by Gasteiger charge is 2.50. The Balaban J connectivity index is 1.80. The second-order valence-electron chi connectivity index (χ2n) is 7.69. The number of benzene rings is 2. The van der Waals surface area contributed by atoms with Crippen molar-refractivity contribution in [1.82, 2.24) is 4.90 Å². The predicted molar refractivity (Wildman–Crippen MR) is 112 cm³/mol. The highest BCUT2D eigenvalue weighted by atomic mass is 19.1. The molecule has 2 aromatic carbocycles. The van der Waals surface area contributed by atoms with Crippen LogP contribution in [0, 0.1) is 22.5 Å². The van der Waals surface area contributed by atoms with E-state index in [2.05, 4.69) is 5.32 Å². The molecule has 2 aromatic rings. The van der Waals surface area contributed by atoms with Gasteiger partial charge in [0.25, 0.3) is 0 Å².